The first-order chi connectivity index (χ1) is 10.6. The Morgan fingerprint density at radius 3 is 3.05 bits per heavy atom. The van der Waals surface area contributed by atoms with Crippen molar-refractivity contribution in [2.75, 3.05) is 13.1 Å². The molecule has 0 radical (unpaired) electrons. The van der Waals surface area contributed by atoms with Crippen LogP contribution in [0.4, 0.5) is 0 Å². The number of hydrogen-bond acceptors (Lipinski definition) is 5. The number of thiophene rings is 1. The molecule has 3 heterocycles. The van der Waals surface area contributed by atoms with E-state index in [0.29, 0.717) is 25.9 Å². The molecule has 22 heavy (non-hydrogen) atoms. The van der Waals surface area contributed by atoms with Crippen LogP contribution in [0.15, 0.2) is 23.7 Å². The van der Waals surface area contributed by atoms with E-state index in [4.69, 9.17) is 5.11 Å². The van der Waals surface area contributed by atoms with E-state index in [1.165, 1.54) is 0 Å². The van der Waals surface area contributed by atoms with E-state index in [1.807, 2.05) is 17.5 Å². The summed E-state index contributed by atoms with van der Waals surface area (Å²) in [6.45, 7) is 1.39. The van der Waals surface area contributed by atoms with E-state index in [1.54, 1.807) is 27.1 Å². The second kappa shape index (κ2) is 6.27. The summed E-state index contributed by atoms with van der Waals surface area (Å²) in [6.07, 6.45) is 2.93. The minimum absolute atomic E-state index is 0.242. The normalized spacial score (nSPS) is 18.4. The Morgan fingerprint density at radius 2 is 2.32 bits per heavy atom. The number of aliphatic carboxylic acids is 1. The molecule has 0 spiro atoms. The molecule has 1 unspecified atom stereocenters. The maximum Gasteiger partial charge on any atom is 0.308 e. The van der Waals surface area contributed by atoms with Crippen molar-refractivity contribution in [1.82, 2.24) is 19.9 Å². The van der Waals surface area contributed by atoms with E-state index in [9.17, 15) is 9.59 Å². The molecule has 1 N–H and O–H groups in total. The van der Waals surface area contributed by atoms with Gasteiger partial charge < -0.3 is 10.0 Å². The number of amides is 1. The van der Waals surface area contributed by atoms with E-state index in [-0.39, 0.29) is 18.1 Å². The van der Waals surface area contributed by atoms with Gasteiger partial charge in [0.15, 0.2) is 5.69 Å². The molecule has 1 atom stereocenters. The molecule has 7 nitrogen and oxygen atoms in total. The van der Waals surface area contributed by atoms with Crippen LogP contribution < -0.4 is 0 Å². The molecule has 1 saturated heterocycles. The number of nitrogens with zero attached hydrogens (tertiary/aromatic N) is 4. The van der Waals surface area contributed by atoms with Crippen LogP contribution in [0.25, 0.3) is 0 Å². The number of carboxylic acid groups (broad SMARTS) is 1. The maximum atomic E-state index is 12.4. The second-order valence-corrected chi connectivity index (χ2v) is 6.34. The second-order valence-electron chi connectivity index (χ2n) is 5.31. The van der Waals surface area contributed by atoms with Gasteiger partial charge in [0.2, 0.25) is 0 Å². The molecule has 0 aliphatic carbocycles. The van der Waals surface area contributed by atoms with Crippen molar-refractivity contribution in [3.05, 3.63) is 34.3 Å². The number of aromatic nitrogens is 3. The van der Waals surface area contributed by atoms with Crippen LogP contribution >= 0.6 is 11.3 Å². The Balaban J connectivity index is 1.67. The highest BCUT2D eigenvalue weighted by Gasteiger charge is 2.29. The van der Waals surface area contributed by atoms with Crippen molar-refractivity contribution in [2.24, 2.45) is 5.92 Å². The van der Waals surface area contributed by atoms with Crippen LogP contribution in [-0.2, 0) is 11.3 Å². The molecule has 8 heteroatoms. The zero-order valence-corrected chi connectivity index (χ0v) is 12.7. The topological polar surface area (TPSA) is 88.3 Å². The lowest BCUT2D eigenvalue weighted by Crippen LogP contribution is -2.42. The molecule has 1 fully saturated rings. The van der Waals surface area contributed by atoms with Crippen molar-refractivity contribution in [2.45, 2.75) is 19.4 Å². The number of piperidine rings is 1. The predicted octanol–water partition coefficient (Wildman–Crippen LogP) is 1.32. The average Bonchev–Trinajstić information content (AvgIpc) is 3.19. The smallest absolute Gasteiger partial charge is 0.308 e. The molecule has 2 aromatic heterocycles. The summed E-state index contributed by atoms with van der Waals surface area (Å²) < 4.78 is 1.62. The zero-order valence-electron chi connectivity index (χ0n) is 11.9. The van der Waals surface area contributed by atoms with Gasteiger partial charge in [-0.25, -0.2) is 4.68 Å². The lowest BCUT2D eigenvalue weighted by atomic mass is 9.98. The Bertz CT molecular complexity index is 667. The van der Waals surface area contributed by atoms with E-state index >= 15 is 0 Å². The molecule has 1 amide bonds. The third kappa shape index (κ3) is 3.16. The Morgan fingerprint density at radius 1 is 1.45 bits per heavy atom. The van der Waals surface area contributed by atoms with Crippen LogP contribution in [-0.4, -0.2) is 50.0 Å². The Kier molecular flexibility index (Phi) is 4.19. The van der Waals surface area contributed by atoms with Gasteiger partial charge in [0.1, 0.15) is 0 Å². The van der Waals surface area contributed by atoms with Crippen LogP contribution in [0.1, 0.15) is 28.2 Å². The number of carbonyl (C=O) groups is 2. The maximum absolute atomic E-state index is 12.4. The van der Waals surface area contributed by atoms with Crippen LogP contribution in [0, 0.1) is 5.92 Å². The van der Waals surface area contributed by atoms with Gasteiger partial charge >= 0.3 is 5.97 Å². The molecule has 2 aromatic rings. The van der Waals surface area contributed by atoms with Gasteiger partial charge in [-0.2, -0.15) is 0 Å². The highest BCUT2D eigenvalue weighted by molar-refractivity contribution is 7.09. The number of likely N-dealkylation sites (tertiary alicyclic amines) is 1. The first-order valence-electron chi connectivity index (χ1n) is 7.08. The van der Waals surface area contributed by atoms with Crippen LogP contribution in [0.3, 0.4) is 0 Å². The van der Waals surface area contributed by atoms with Crippen molar-refractivity contribution < 1.29 is 14.7 Å². The fourth-order valence-corrected chi connectivity index (χ4v) is 3.26. The van der Waals surface area contributed by atoms with Gasteiger partial charge in [0, 0.05) is 18.0 Å². The molecular formula is C14H16N4O3S. The van der Waals surface area contributed by atoms with Crippen molar-refractivity contribution in [3.63, 3.8) is 0 Å². The number of carbonyl (C=O) groups excluding carboxylic acids is 1. The largest absolute Gasteiger partial charge is 0.481 e. The summed E-state index contributed by atoms with van der Waals surface area (Å²) in [4.78, 5) is 26.2. The molecule has 0 saturated carbocycles. The van der Waals surface area contributed by atoms with Crippen molar-refractivity contribution in [3.8, 4) is 0 Å². The molecule has 0 bridgehead atoms. The number of rotatable bonds is 4. The van der Waals surface area contributed by atoms with E-state index < -0.39 is 11.9 Å². The molecule has 116 valence electrons. The van der Waals surface area contributed by atoms with E-state index in [2.05, 4.69) is 10.3 Å². The average molecular weight is 320 g/mol. The fraction of sp³-hybridized carbons (Fsp3) is 0.429. The summed E-state index contributed by atoms with van der Waals surface area (Å²) >= 11 is 1.62. The van der Waals surface area contributed by atoms with Gasteiger partial charge in [-0.1, -0.05) is 11.3 Å². The van der Waals surface area contributed by atoms with Gasteiger partial charge in [-0.05, 0) is 24.3 Å². The van der Waals surface area contributed by atoms with Crippen molar-refractivity contribution >= 4 is 23.2 Å². The number of carboxylic acids is 1. The highest BCUT2D eigenvalue weighted by Crippen LogP contribution is 2.18. The van der Waals surface area contributed by atoms with Crippen molar-refractivity contribution in [1.29, 1.82) is 0 Å². The molecule has 3 rings (SSSR count). The standard InChI is InChI=1S/C14H16N4O3S/c19-13(17-5-1-3-10(7-17)14(20)21)12-9-18(16-15-12)8-11-4-2-6-22-11/h2,4,6,9-10H,1,3,5,7-8H2,(H,20,21). The minimum atomic E-state index is -0.848. The Hall–Kier alpha value is -2.22. The highest BCUT2D eigenvalue weighted by atomic mass is 32.1. The Labute approximate surface area is 131 Å². The summed E-state index contributed by atoms with van der Waals surface area (Å²) in [5.74, 6) is -1.58. The van der Waals surface area contributed by atoms with Crippen LogP contribution in [0.2, 0.25) is 0 Å². The van der Waals surface area contributed by atoms with Crippen LogP contribution in [0.5, 0.6) is 0 Å². The first kappa shape index (κ1) is 14.7. The van der Waals surface area contributed by atoms with Gasteiger partial charge in [0.25, 0.3) is 5.91 Å². The third-order valence-electron chi connectivity index (χ3n) is 3.71. The zero-order chi connectivity index (χ0) is 15.5. The van der Waals surface area contributed by atoms with Gasteiger partial charge in [0.05, 0.1) is 18.7 Å². The SMILES string of the molecule is O=C(O)C1CCCN(C(=O)c2cn(Cc3cccs3)nn2)C1. The fourth-order valence-electron chi connectivity index (χ4n) is 2.56. The third-order valence-corrected chi connectivity index (χ3v) is 4.57. The van der Waals surface area contributed by atoms with E-state index in [0.717, 1.165) is 4.88 Å². The van der Waals surface area contributed by atoms with Gasteiger partial charge in [-0.3, -0.25) is 9.59 Å². The summed E-state index contributed by atoms with van der Waals surface area (Å²) in [7, 11) is 0. The first-order valence-corrected chi connectivity index (χ1v) is 7.96. The van der Waals surface area contributed by atoms with Gasteiger partial charge in [-0.15, -0.1) is 16.4 Å². The molecular weight excluding hydrogens is 304 g/mol. The lowest BCUT2D eigenvalue weighted by Gasteiger charge is -2.29. The lowest BCUT2D eigenvalue weighted by molar-refractivity contribution is -0.143. The quantitative estimate of drug-likeness (QED) is 0.918. The summed E-state index contributed by atoms with van der Waals surface area (Å²) in [6, 6.07) is 3.96. The molecule has 1 aliphatic heterocycles. The monoisotopic (exact) mass is 320 g/mol. The molecule has 0 aromatic carbocycles. The summed E-state index contributed by atoms with van der Waals surface area (Å²) in [5.41, 5.74) is 0.266. The number of hydrogen-bond donors (Lipinski definition) is 1. The summed E-state index contributed by atoms with van der Waals surface area (Å²) in [5, 5.41) is 19.0. The minimum Gasteiger partial charge on any atom is -0.481 e. The molecule has 1 aliphatic rings. The predicted molar refractivity (Wildman–Crippen MR) is 79.7 cm³/mol.